The van der Waals surface area contributed by atoms with Crippen molar-refractivity contribution >= 4 is 0 Å². The quantitative estimate of drug-likeness (QED) is 0.913. The SMILES string of the molecule is CCCn1nccc1C(O)c1ccc2c(c1)CCC2. The van der Waals surface area contributed by atoms with Crippen LogP contribution in [0, 0.1) is 0 Å². The van der Waals surface area contributed by atoms with E-state index in [0.717, 1.165) is 30.6 Å². The summed E-state index contributed by atoms with van der Waals surface area (Å²) in [5, 5.41) is 14.8. The van der Waals surface area contributed by atoms with Crippen LogP contribution in [0.5, 0.6) is 0 Å². The number of nitrogens with zero attached hydrogens (tertiary/aromatic N) is 2. The fraction of sp³-hybridized carbons (Fsp3) is 0.438. The van der Waals surface area contributed by atoms with Gasteiger partial charge in [-0.1, -0.05) is 25.1 Å². The van der Waals surface area contributed by atoms with Crippen LogP contribution in [0.4, 0.5) is 0 Å². The zero-order valence-electron chi connectivity index (χ0n) is 11.3. The third-order valence-electron chi connectivity index (χ3n) is 3.90. The predicted molar refractivity (Wildman–Crippen MR) is 75.0 cm³/mol. The van der Waals surface area contributed by atoms with Gasteiger partial charge in [-0.2, -0.15) is 5.10 Å². The van der Waals surface area contributed by atoms with Crippen LogP contribution in [0.1, 0.15) is 48.3 Å². The van der Waals surface area contributed by atoms with E-state index in [2.05, 4.69) is 30.2 Å². The summed E-state index contributed by atoms with van der Waals surface area (Å²) in [7, 11) is 0. The van der Waals surface area contributed by atoms with Crippen molar-refractivity contribution in [2.45, 2.75) is 45.3 Å². The Kier molecular flexibility index (Phi) is 3.38. The smallest absolute Gasteiger partial charge is 0.121 e. The molecule has 19 heavy (non-hydrogen) atoms. The minimum absolute atomic E-state index is 0.569. The number of aryl methyl sites for hydroxylation is 3. The van der Waals surface area contributed by atoms with Gasteiger partial charge in [-0.05, 0) is 48.4 Å². The standard InChI is InChI=1S/C16H20N2O/c1-2-10-18-15(8-9-17-18)16(19)14-7-6-12-4-3-5-13(12)11-14/h6-9,11,16,19H,2-5,10H2,1H3. The first-order valence-corrected chi connectivity index (χ1v) is 7.11. The number of aromatic nitrogens is 2. The highest BCUT2D eigenvalue weighted by Gasteiger charge is 2.18. The van der Waals surface area contributed by atoms with Crippen LogP contribution in [-0.4, -0.2) is 14.9 Å². The van der Waals surface area contributed by atoms with Crippen molar-refractivity contribution in [1.82, 2.24) is 9.78 Å². The molecule has 0 aliphatic heterocycles. The Morgan fingerprint density at radius 2 is 2.11 bits per heavy atom. The van der Waals surface area contributed by atoms with Gasteiger partial charge in [0.15, 0.2) is 0 Å². The second kappa shape index (κ2) is 5.17. The number of aliphatic hydroxyl groups excluding tert-OH is 1. The Hall–Kier alpha value is -1.61. The molecule has 3 heteroatoms. The summed E-state index contributed by atoms with van der Waals surface area (Å²) in [6.45, 7) is 2.97. The lowest BCUT2D eigenvalue weighted by atomic mass is 10.0. The Morgan fingerprint density at radius 3 is 2.95 bits per heavy atom. The van der Waals surface area contributed by atoms with Gasteiger partial charge >= 0.3 is 0 Å². The number of aliphatic hydroxyl groups is 1. The van der Waals surface area contributed by atoms with E-state index in [9.17, 15) is 5.11 Å². The molecule has 2 aromatic rings. The van der Waals surface area contributed by atoms with Gasteiger partial charge in [0.1, 0.15) is 6.10 Å². The molecule has 3 nitrogen and oxygen atoms in total. The van der Waals surface area contributed by atoms with Gasteiger partial charge in [0.25, 0.3) is 0 Å². The van der Waals surface area contributed by atoms with Crippen LogP contribution in [-0.2, 0) is 19.4 Å². The highest BCUT2D eigenvalue weighted by molar-refractivity contribution is 5.38. The van der Waals surface area contributed by atoms with Crippen LogP contribution in [0.25, 0.3) is 0 Å². The summed E-state index contributed by atoms with van der Waals surface area (Å²) < 4.78 is 1.90. The van der Waals surface area contributed by atoms with Crippen LogP contribution in [0.15, 0.2) is 30.5 Å². The third kappa shape index (κ3) is 2.30. The van der Waals surface area contributed by atoms with Crippen molar-refractivity contribution in [2.75, 3.05) is 0 Å². The van der Waals surface area contributed by atoms with Crippen molar-refractivity contribution in [3.8, 4) is 0 Å². The fourth-order valence-electron chi connectivity index (χ4n) is 2.91. The van der Waals surface area contributed by atoms with Gasteiger partial charge in [0, 0.05) is 12.7 Å². The Morgan fingerprint density at radius 1 is 1.26 bits per heavy atom. The van der Waals surface area contributed by atoms with Gasteiger partial charge in [-0.25, -0.2) is 0 Å². The first-order valence-electron chi connectivity index (χ1n) is 7.11. The molecule has 1 aromatic heterocycles. The molecule has 0 saturated heterocycles. The molecule has 1 unspecified atom stereocenters. The molecule has 1 heterocycles. The molecule has 100 valence electrons. The summed E-state index contributed by atoms with van der Waals surface area (Å²) >= 11 is 0. The molecule has 1 N–H and O–H groups in total. The topological polar surface area (TPSA) is 38.0 Å². The van der Waals surface area contributed by atoms with Crippen LogP contribution in [0.3, 0.4) is 0 Å². The zero-order chi connectivity index (χ0) is 13.2. The van der Waals surface area contributed by atoms with Gasteiger partial charge in [0.05, 0.1) is 5.69 Å². The van der Waals surface area contributed by atoms with Crippen molar-refractivity contribution in [2.24, 2.45) is 0 Å². The monoisotopic (exact) mass is 256 g/mol. The molecule has 0 amide bonds. The van der Waals surface area contributed by atoms with Gasteiger partial charge in [0.2, 0.25) is 0 Å². The molecule has 1 aliphatic rings. The van der Waals surface area contributed by atoms with Crippen LogP contribution < -0.4 is 0 Å². The highest BCUT2D eigenvalue weighted by Crippen LogP contribution is 2.28. The summed E-state index contributed by atoms with van der Waals surface area (Å²) in [5.41, 5.74) is 4.72. The van der Waals surface area contributed by atoms with E-state index in [1.54, 1.807) is 6.20 Å². The van der Waals surface area contributed by atoms with E-state index < -0.39 is 6.10 Å². The molecule has 0 fully saturated rings. The molecular weight excluding hydrogens is 236 g/mol. The maximum absolute atomic E-state index is 10.6. The van der Waals surface area contributed by atoms with Crippen LogP contribution >= 0.6 is 0 Å². The molecule has 0 bridgehead atoms. The Bertz CT molecular complexity index is 574. The maximum Gasteiger partial charge on any atom is 0.121 e. The van der Waals surface area contributed by atoms with Gasteiger partial charge in [-0.15, -0.1) is 0 Å². The number of hydrogen-bond donors (Lipinski definition) is 1. The van der Waals surface area contributed by atoms with E-state index in [-0.39, 0.29) is 0 Å². The molecule has 3 rings (SSSR count). The van der Waals surface area contributed by atoms with Crippen molar-refractivity contribution in [1.29, 1.82) is 0 Å². The lowest BCUT2D eigenvalue weighted by molar-refractivity contribution is 0.207. The zero-order valence-corrected chi connectivity index (χ0v) is 11.3. The number of hydrogen-bond acceptors (Lipinski definition) is 2. The number of rotatable bonds is 4. The van der Waals surface area contributed by atoms with Crippen LogP contribution in [0.2, 0.25) is 0 Å². The molecule has 1 atom stereocenters. The molecule has 1 aliphatic carbocycles. The van der Waals surface area contributed by atoms with E-state index in [1.807, 2.05) is 10.7 Å². The van der Waals surface area contributed by atoms with E-state index in [1.165, 1.54) is 24.0 Å². The number of benzene rings is 1. The summed E-state index contributed by atoms with van der Waals surface area (Å²) in [6.07, 6.45) is 5.78. The Balaban J connectivity index is 1.90. The molecule has 1 aromatic carbocycles. The first-order chi connectivity index (χ1) is 9.29. The normalized spacial score (nSPS) is 15.5. The predicted octanol–water partition coefficient (Wildman–Crippen LogP) is 2.86. The molecular formula is C16H20N2O. The summed E-state index contributed by atoms with van der Waals surface area (Å²) in [6, 6.07) is 8.30. The Labute approximate surface area is 113 Å². The maximum atomic E-state index is 10.6. The van der Waals surface area contributed by atoms with Gasteiger partial charge in [-0.3, -0.25) is 4.68 Å². The molecule has 0 radical (unpaired) electrons. The second-order valence-corrected chi connectivity index (χ2v) is 5.26. The third-order valence-corrected chi connectivity index (χ3v) is 3.90. The largest absolute Gasteiger partial charge is 0.382 e. The minimum atomic E-state index is -0.569. The molecule has 0 spiro atoms. The van der Waals surface area contributed by atoms with Gasteiger partial charge < -0.3 is 5.11 Å². The highest BCUT2D eigenvalue weighted by atomic mass is 16.3. The minimum Gasteiger partial charge on any atom is -0.382 e. The van der Waals surface area contributed by atoms with E-state index >= 15 is 0 Å². The molecule has 0 saturated carbocycles. The summed E-state index contributed by atoms with van der Waals surface area (Å²) in [5.74, 6) is 0. The first kappa shape index (κ1) is 12.4. The van der Waals surface area contributed by atoms with E-state index in [4.69, 9.17) is 0 Å². The lowest BCUT2D eigenvalue weighted by Crippen LogP contribution is -2.10. The van der Waals surface area contributed by atoms with Crippen molar-refractivity contribution < 1.29 is 5.11 Å². The average Bonchev–Trinajstić information content (AvgIpc) is 3.05. The average molecular weight is 256 g/mol. The lowest BCUT2D eigenvalue weighted by Gasteiger charge is -2.14. The summed E-state index contributed by atoms with van der Waals surface area (Å²) in [4.78, 5) is 0. The van der Waals surface area contributed by atoms with E-state index in [0.29, 0.717) is 0 Å². The number of fused-ring (bicyclic) bond motifs is 1. The fourth-order valence-corrected chi connectivity index (χ4v) is 2.91. The second-order valence-electron chi connectivity index (χ2n) is 5.26. The van der Waals surface area contributed by atoms with Crippen molar-refractivity contribution in [3.05, 3.63) is 52.8 Å². The van der Waals surface area contributed by atoms with Crippen molar-refractivity contribution in [3.63, 3.8) is 0 Å².